The normalized spacial score (nSPS) is 11.2. The summed E-state index contributed by atoms with van der Waals surface area (Å²) in [7, 11) is 0. The molecule has 5 nitrogen and oxygen atoms in total. The van der Waals surface area contributed by atoms with Crippen LogP contribution in [0.4, 0.5) is 0 Å². The Balaban J connectivity index is 1.56. The minimum Gasteiger partial charge on any atom is -0.489 e. The van der Waals surface area contributed by atoms with Crippen LogP contribution in [0, 0.1) is 20.8 Å². The van der Waals surface area contributed by atoms with Crippen molar-refractivity contribution >= 4 is 41.3 Å². The first-order valence-electron chi connectivity index (χ1n) is 10.9. The molecule has 0 saturated heterocycles. The minimum atomic E-state index is -0.947. The lowest BCUT2D eigenvalue weighted by Crippen LogP contribution is -2.00. The Morgan fingerprint density at radius 2 is 1.66 bits per heavy atom. The molecule has 0 saturated carbocycles. The summed E-state index contributed by atoms with van der Waals surface area (Å²) in [5, 5.41) is 14.3. The second-order valence-corrected chi connectivity index (χ2v) is 9.00. The minimum absolute atomic E-state index is 0.238. The third-order valence-corrected chi connectivity index (χ3v) is 6.34. The van der Waals surface area contributed by atoms with E-state index in [-0.39, 0.29) is 12.2 Å². The van der Waals surface area contributed by atoms with Crippen molar-refractivity contribution in [1.82, 2.24) is 5.16 Å². The van der Waals surface area contributed by atoms with Crippen LogP contribution in [0.1, 0.15) is 43.9 Å². The maximum absolute atomic E-state index is 11.2. The van der Waals surface area contributed by atoms with Gasteiger partial charge in [-0.05, 0) is 79.4 Å². The van der Waals surface area contributed by atoms with Crippen molar-refractivity contribution in [3.63, 3.8) is 0 Å². The number of aryl methyl sites for hydroxylation is 3. The number of nitrogens with zero attached hydrogens (tertiary/aromatic N) is 1. The number of halogens is 2. The van der Waals surface area contributed by atoms with Gasteiger partial charge >= 0.3 is 5.97 Å². The Bertz CT molecular complexity index is 1400. The number of ether oxygens (including phenoxy) is 1. The topological polar surface area (TPSA) is 72.6 Å². The fraction of sp³-hybridized carbons (Fsp3) is 0.143. The Labute approximate surface area is 213 Å². The summed E-state index contributed by atoms with van der Waals surface area (Å²) in [6.07, 6.45) is 3.89. The number of rotatable bonds is 7. The summed E-state index contributed by atoms with van der Waals surface area (Å²) in [4.78, 5) is 11.2. The fourth-order valence-corrected chi connectivity index (χ4v) is 4.45. The number of carboxylic acids is 1. The molecular weight excluding hydrogens is 485 g/mol. The molecule has 1 N–H and O–H groups in total. The van der Waals surface area contributed by atoms with E-state index in [1.165, 1.54) is 0 Å². The van der Waals surface area contributed by atoms with E-state index in [0.717, 1.165) is 27.8 Å². The van der Waals surface area contributed by atoms with Gasteiger partial charge in [0.1, 0.15) is 23.8 Å². The Morgan fingerprint density at radius 1 is 1.00 bits per heavy atom. The zero-order valence-electron chi connectivity index (χ0n) is 19.4. The monoisotopic (exact) mass is 507 g/mol. The Kier molecular flexibility index (Phi) is 7.29. The fourth-order valence-electron chi connectivity index (χ4n) is 3.87. The van der Waals surface area contributed by atoms with Crippen molar-refractivity contribution in [1.29, 1.82) is 0 Å². The standard InChI is InChI=1S/C28H23Cl2NO4/c1-16-12-21(13-17(2)22(16)11-10-19-6-4-7-20(14-19)28(32)33)34-15-23-18(3)35-31-27(23)26-24(29)8-5-9-25(26)30/h4-14H,15H2,1-3H3,(H,32,33)/b11-10+. The number of aromatic carboxylic acids is 1. The lowest BCUT2D eigenvalue weighted by atomic mass is 10.0. The smallest absolute Gasteiger partial charge is 0.335 e. The van der Waals surface area contributed by atoms with Crippen molar-refractivity contribution in [2.24, 2.45) is 0 Å². The van der Waals surface area contributed by atoms with Gasteiger partial charge in [-0.3, -0.25) is 0 Å². The zero-order chi connectivity index (χ0) is 25.1. The lowest BCUT2D eigenvalue weighted by molar-refractivity contribution is 0.0697. The van der Waals surface area contributed by atoms with E-state index in [4.69, 9.17) is 32.5 Å². The number of carbonyl (C=O) groups is 1. The first kappa shape index (κ1) is 24.6. The Morgan fingerprint density at radius 3 is 2.31 bits per heavy atom. The van der Waals surface area contributed by atoms with Crippen molar-refractivity contribution in [2.75, 3.05) is 0 Å². The molecule has 0 unspecified atom stereocenters. The van der Waals surface area contributed by atoms with Gasteiger partial charge < -0.3 is 14.4 Å². The van der Waals surface area contributed by atoms with Crippen molar-refractivity contribution in [2.45, 2.75) is 27.4 Å². The largest absolute Gasteiger partial charge is 0.489 e. The highest BCUT2D eigenvalue weighted by Gasteiger charge is 2.20. The first-order chi connectivity index (χ1) is 16.7. The van der Waals surface area contributed by atoms with E-state index in [0.29, 0.717) is 32.8 Å². The molecule has 0 amide bonds. The van der Waals surface area contributed by atoms with Gasteiger partial charge in [0, 0.05) is 5.56 Å². The molecule has 1 aromatic heterocycles. The van der Waals surface area contributed by atoms with Gasteiger partial charge in [0.2, 0.25) is 0 Å². The highest BCUT2D eigenvalue weighted by Crippen LogP contribution is 2.37. The third-order valence-electron chi connectivity index (χ3n) is 5.71. The summed E-state index contributed by atoms with van der Waals surface area (Å²) in [6, 6.07) is 16.0. The molecule has 0 aliphatic carbocycles. The number of benzene rings is 3. The molecular formula is C28H23Cl2NO4. The van der Waals surface area contributed by atoms with Gasteiger partial charge in [-0.25, -0.2) is 4.79 Å². The SMILES string of the molecule is Cc1cc(OCc2c(-c3c(Cl)cccc3Cl)noc2C)cc(C)c1/C=C/c1cccc(C(=O)O)c1. The maximum atomic E-state index is 11.2. The van der Waals surface area contributed by atoms with Crippen molar-refractivity contribution < 1.29 is 19.2 Å². The average molecular weight is 508 g/mol. The molecule has 0 fully saturated rings. The molecule has 0 bridgehead atoms. The quantitative estimate of drug-likeness (QED) is 0.256. The summed E-state index contributed by atoms with van der Waals surface area (Å²) < 4.78 is 11.5. The number of hydrogen-bond acceptors (Lipinski definition) is 4. The molecule has 7 heteroatoms. The van der Waals surface area contributed by atoms with Crippen LogP contribution in [0.3, 0.4) is 0 Å². The second-order valence-electron chi connectivity index (χ2n) is 8.19. The van der Waals surface area contributed by atoms with Crippen molar-refractivity contribution in [3.05, 3.63) is 104 Å². The van der Waals surface area contributed by atoms with Crippen LogP contribution in [-0.2, 0) is 6.61 Å². The van der Waals surface area contributed by atoms with E-state index in [1.807, 2.05) is 51.1 Å². The second kappa shape index (κ2) is 10.4. The van der Waals surface area contributed by atoms with Gasteiger partial charge in [-0.2, -0.15) is 0 Å². The average Bonchev–Trinajstić information content (AvgIpc) is 3.17. The van der Waals surface area contributed by atoms with Crippen LogP contribution < -0.4 is 4.74 Å². The van der Waals surface area contributed by atoms with E-state index in [1.54, 1.807) is 36.4 Å². The molecule has 4 rings (SSSR count). The van der Waals surface area contributed by atoms with Crippen LogP contribution >= 0.6 is 23.2 Å². The molecule has 0 spiro atoms. The van der Waals surface area contributed by atoms with Gasteiger partial charge in [-0.15, -0.1) is 0 Å². The van der Waals surface area contributed by atoms with Gasteiger partial charge in [0.15, 0.2) is 0 Å². The molecule has 35 heavy (non-hydrogen) atoms. The van der Waals surface area contributed by atoms with Gasteiger partial charge in [0.25, 0.3) is 0 Å². The molecule has 0 radical (unpaired) electrons. The van der Waals surface area contributed by atoms with E-state index in [2.05, 4.69) is 5.16 Å². The molecule has 0 atom stereocenters. The van der Waals surface area contributed by atoms with Gasteiger partial charge in [0.05, 0.1) is 21.2 Å². The van der Waals surface area contributed by atoms with E-state index in [9.17, 15) is 9.90 Å². The molecule has 0 aliphatic rings. The molecule has 3 aromatic carbocycles. The third kappa shape index (κ3) is 5.42. The summed E-state index contributed by atoms with van der Waals surface area (Å²) in [6.45, 7) is 6.07. The zero-order valence-corrected chi connectivity index (χ0v) is 20.9. The Hall–Kier alpha value is -3.54. The van der Waals surface area contributed by atoms with Crippen LogP contribution in [-0.4, -0.2) is 16.2 Å². The predicted octanol–water partition coefficient (Wildman–Crippen LogP) is 8.02. The molecule has 178 valence electrons. The first-order valence-corrected chi connectivity index (χ1v) is 11.6. The summed E-state index contributed by atoms with van der Waals surface area (Å²) in [5.74, 6) is 0.395. The number of hydrogen-bond donors (Lipinski definition) is 1. The van der Waals surface area contributed by atoms with Crippen LogP contribution in [0.15, 0.2) is 59.1 Å². The number of aromatic nitrogens is 1. The summed E-state index contributed by atoms with van der Waals surface area (Å²) in [5.41, 5.74) is 6.13. The van der Waals surface area contributed by atoms with Crippen LogP contribution in [0.5, 0.6) is 5.75 Å². The highest BCUT2D eigenvalue weighted by atomic mass is 35.5. The van der Waals surface area contributed by atoms with E-state index < -0.39 is 5.97 Å². The van der Waals surface area contributed by atoms with Crippen molar-refractivity contribution in [3.8, 4) is 17.0 Å². The summed E-state index contributed by atoms with van der Waals surface area (Å²) >= 11 is 12.8. The van der Waals surface area contributed by atoms with E-state index >= 15 is 0 Å². The molecule has 0 aliphatic heterocycles. The number of carboxylic acid groups (broad SMARTS) is 1. The highest BCUT2D eigenvalue weighted by molar-refractivity contribution is 6.39. The maximum Gasteiger partial charge on any atom is 0.335 e. The van der Waals surface area contributed by atoms with Gasteiger partial charge in [-0.1, -0.05) is 58.7 Å². The molecule has 4 aromatic rings. The van der Waals surface area contributed by atoms with Crippen LogP contribution in [0.25, 0.3) is 23.4 Å². The predicted molar refractivity (Wildman–Crippen MR) is 139 cm³/mol. The van der Waals surface area contributed by atoms with Crippen LogP contribution in [0.2, 0.25) is 10.0 Å². The lowest BCUT2D eigenvalue weighted by Gasteiger charge is -2.12. The molecule has 1 heterocycles.